The first-order chi connectivity index (χ1) is 15.2. The number of carbonyl (C=O) groups excluding carboxylic acids is 1. The average molecular weight is 460 g/mol. The van der Waals surface area contributed by atoms with Crippen LogP contribution in [0.15, 0.2) is 49.1 Å². The molecule has 1 heterocycles. The predicted molar refractivity (Wildman–Crippen MR) is 155 cm³/mol. The van der Waals surface area contributed by atoms with Crippen molar-refractivity contribution in [2.24, 2.45) is 5.41 Å². The lowest BCUT2D eigenvalue weighted by Crippen LogP contribution is -2.22. The molecule has 0 spiro atoms. The van der Waals surface area contributed by atoms with E-state index < -0.39 is 0 Å². The van der Waals surface area contributed by atoms with E-state index in [9.17, 15) is 4.79 Å². The Kier molecular flexibility index (Phi) is 25.2. The third-order valence-corrected chi connectivity index (χ3v) is 4.08. The number of hydrogen-bond donors (Lipinski definition) is 0. The van der Waals surface area contributed by atoms with Crippen molar-refractivity contribution in [2.75, 3.05) is 0 Å². The van der Waals surface area contributed by atoms with Crippen LogP contribution in [0.1, 0.15) is 126 Å². The summed E-state index contributed by atoms with van der Waals surface area (Å²) < 4.78 is 1.94. The lowest BCUT2D eigenvalue weighted by molar-refractivity contribution is 0.0850. The fourth-order valence-corrected chi connectivity index (χ4v) is 3.03. The van der Waals surface area contributed by atoms with Crippen LogP contribution in [0.2, 0.25) is 0 Å². The first-order valence-corrected chi connectivity index (χ1v) is 12.7. The molecule has 0 radical (unpaired) electrons. The summed E-state index contributed by atoms with van der Waals surface area (Å²) in [7, 11) is 0. The summed E-state index contributed by atoms with van der Waals surface area (Å²) in [5.74, 6) is 0.458. The van der Waals surface area contributed by atoms with Crippen LogP contribution in [0, 0.1) is 5.41 Å². The predicted octanol–water partition coefficient (Wildman–Crippen LogP) is 10.8. The molecule has 192 valence electrons. The Balaban J connectivity index is -0.000000421. The van der Waals surface area contributed by atoms with Crippen molar-refractivity contribution < 1.29 is 4.79 Å². The zero-order valence-electron chi connectivity index (χ0n) is 23.6. The number of allylic oxidation sites excluding steroid dienone is 1. The minimum absolute atomic E-state index is 0. The SMILES string of the molecule is C.C=CCc1c(-c2ccccc2)cc(C(C)C)n1C(=O)CC(C)(C)C.CC.CC.CC.CC. The van der Waals surface area contributed by atoms with Crippen LogP contribution >= 0.6 is 0 Å². The van der Waals surface area contributed by atoms with Gasteiger partial charge in [-0.1, -0.05) is 134 Å². The molecule has 0 saturated heterocycles. The van der Waals surface area contributed by atoms with Gasteiger partial charge in [-0.3, -0.25) is 9.36 Å². The van der Waals surface area contributed by atoms with Gasteiger partial charge in [-0.05, 0) is 23.0 Å². The second-order valence-corrected chi connectivity index (χ2v) is 7.91. The molecule has 2 nitrogen and oxygen atoms in total. The lowest BCUT2D eigenvalue weighted by atomic mass is 9.91. The monoisotopic (exact) mass is 459 g/mol. The molecule has 0 aliphatic carbocycles. The molecular formula is C31H57NO. The summed E-state index contributed by atoms with van der Waals surface area (Å²) in [5, 5.41) is 0. The molecule has 0 amide bonds. The van der Waals surface area contributed by atoms with E-state index in [0.717, 1.165) is 22.5 Å². The van der Waals surface area contributed by atoms with Gasteiger partial charge in [0.2, 0.25) is 5.91 Å². The number of benzene rings is 1. The van der Waals surface area contributed by atoms with Crippen molar-refractivity contribution in [3.63, 3.8) is 0 Å². The Labute approximate surface area is 208 Å². The molecule has 0 bridgehead atoms. The molecule has 0 fully saturated rings. The summed E-state index contributed by atoms with van der Waals surface area (Å²) in [6.07, 6.45) is 3.10. The van der Waals surface area contributed by atoms with Crippen LogP contribution in [0.25, 0.3) is 11.1 Å². The van der Waals surface area contributed by atoms with Crippen LogP contribution in [-0.4, -0.2) is 10.5 Å². The third kappa shape index (κ3) is 13.3. The summed E-state index contributed by atoms with van der Waals surface area (Å²) in [6, 6.07) is 12.5. The largest absolute Gasteiger partial charge is 0.287 e. The fraction of sp³-hybridized carbons (Fsp3) is 0.581. The Hall–Kier alpha value is -2.09. The number of hydrogen-bond acceptors (Lipinski definition) is 1. The Bertz CT molecular complexity index is 715. The van der Waals surface area contributed by atoms with E-state index in [1.165, 1.54) is 0 Å². The van der Waals surface area contributed by atoms with E-state index in [-0.39, 0.29) is 24.7 Å². The van der Waals surface area contributed by atoms with Crippen LogP contribution in [-0.2, 0) is 6.42 Å². The van der Waals surface area contributed by atoms with Crippen molar-refractivity contribution in [1.82, 2.24) is 4.57 Å². The third-order valence-electron chi connectivity index (χ3n) is 4.08. The van der Waals surface area contributed by atoms with Crippen LogP contribution < -0.4 is 0 Å². The quantitative estimate of drug-likeness (QED) is 0.407. The molecule has 2 heteroatoms. The van der Waals surface area contributed by atoms with E-state index in [2.05, 4.69) is 59.4 Å². The van der Waals surface area contributed by atoms with Crippen molar-refractivity contribution in [3.05, 3.63) is 60.4 Å². The van der Waals surface area contributed by atoms with E-state index >= 15 is 0 Å². The maximum atomic E-state index is 13.1. The fourth-order valence-electron chi connectivity index (χ4n) is 3.03. The normalized spacial score (nSPS) is 9.27. The topological polar surface area (TPSA) is 22.0 Å². The standard InChI is InChI=1S/C22H29NO.4C2H6.CH4/c1-7-11-19-18(17-12-9-8-10-13-17)14-20(16(2)3)23(19)21(24)15-22(4,5)6;4*1-2;/h7-10,12-14,16H,1,11,15H2,2-6H3;4*1-2H3;1H4. The van der Waals surface area contributed by atoms with Gasteiger partial charge in [-0.2, -0.15) is 0 Å². The first-order valence-electron chi connectivity index (χ1n) is 12.7. The Morgan fingerprint density at radius 3 is 1.76 bits per heavy atom. The molecule has 0 atom stereocenters. The zero-order chi connectivity index (χ0) is 25.9. The minimum Gasteiger partial charge on any atom is -0.287 e. The molecular weight excluding hydrogens is 402 g/mol. The number of aromatic nitrogens is 1. The average Bonchev–Trinajstić information content (AvgIpc) is 3.19. The minimum atomic E-state index is -0.0338. The van der Waals surface area contributed by atoms with Crippen molar-refractivity contribution >= 4 is 5.91 Å². The first kappa shape index (κ1) is 38.2. The molecule has 2 aromatic rings. The van der Waals surface area contributed by atoms with Gasteiger partial charge in [0, 0.05) is 29.8 Å². The molecule has 1 aromatic carbocycles. The van der Waals surface area contributed by atoms with Gasteiger partial charge in [0.25, 0.3) is 0 Å². The van der Waals surface area contributed by atoms with Gasteiger partial charge in [0.15, 0.2) is 0 Å². The molecule has 0 aliphatic rings. The number of carbonyl (C=O) groups is 1. The molecule has 0 unspecified atom stereocenters. The summed E-state index contributed by atoms with van der Waals surface area (Å²) >= 11 is 0. The van der Waals surface area contributed by atoms with E-state index in [4.69, 9.17) is 0 Å². The second-order valence-electron chi connectivity index (χ2n) is 7.91. The highest BCUT2D eigenvalue weighted by molar-refractivity contribution is 5.85. The maximum absolute atomic E-state index is 13.1. The van der Waals surface area contributed by atoms with Gasteiger partial charge in [0.05, 0.1) is 0 Å². The van der Waals surface area contributed by atoms with Crippen LogP contribution in [0.5, 0.6) is 0 Å². The molecule has 33 heavy (non-hydrogen) atoms. The molecule has 2 rings (SSSR count). The van der Waals surface area contributed by atoms with Gasteiger partial charge in [-0.15, -0.1) is 6.58 Å². The summed E-state index contributed by atoms with van der Waals surface area (Å²) in [5.41, 5.74) is 4.39. The Morgan fingerprint density at radius 1 is 0.939 bits per heavy atom. The summed E-state index contributed by atoms with van der Waals surface area (Å²) in [6.45, 7) is 30.5. The second kappa shape index (κ2) is 21.7. The smallest absolute Gasteiger partial charge is 0.231 e. The van der Waals surface area contributed by atoms with Crippen molar-refractivity contribution in [1.29, 1.82) is 0 Å². The highest BCUT2D eigenvalue weighted by Gasteiger charge is 2.25. The van der Waals surface area contributed by atoms with E-state index in [1.807, 2.05) is 84.2 Å². The van der Waals surface area contributed by atoms with Crippen LogP contribution in [0.3, 0.4) is 0 Å². The number of nitrogens with zero attached hydrogens (tertiary/aromatic N) is 1. The van der Waals surface area contributed by atoms with Gasteiger partial charge < -0.3 is 0 Å². The lowest BCUT2D eigenvalue weighted by Gasteiger charge is -2.21. The number of rotatable bonds is 5. The van der Waals surface area contributed by atoms with E-state index in [1.54, 1.807) is 0 Å². The van der Waals surface area contributed by atoms with Gasteiger partial charge in [-0.25, -0.2) is 0 Å². The van der Waals surface area contributed by atoms with Gasteiger partial charge >= 0.3 is 0 Å². The van der Waals surface area contributed by atoms with Gasteiger partial charge in [0.1, 0.15) is 0 Å². The molecule has 0 N–H and O–H groups in total. The van der Waals surface area contributed by atoms with E-state index in [0.29, 0.717) is 12.8 Å². The Morgan fingerprint density at radius 2 is 1.39 bits per heavy atom. The molecule has 0 aliphatic heterocycles. The summed E-state index contributed by atoms with van der Waals surface area (Å²) in [4.78, 5) is 13.1. The maximum Gasteiger partial charge on any atom is 0.231 e. The van der Waals surface area contributed by atoms with Crippen molar-refractivity contribution in [2.45, 2.75) is 116 Å². The molecule has 1 aromatic heterocycles. The zero-order valence-corrected chi connectivity index (χ0v) is 23.6. The van der Waals surface area contributed by atoms with Crippen LogP contribution in [0.4, 0.5) is 0 Å². The highest BCUT2D eigenvalue weighted by atomic mass is 16.2. The molecule has 0 saturated carbocycles. The highest BCUT2D eigenvalue weighted by Crippen LogP contribution is 2.33. The van der Waals surface area contributed by atoms with Crippen molar-refractivity contribution in [3.8, 4) is 11.1 Å².